The van der Waals surface area contributed by atoms with Gasteiger partial charge in [-0.3, -0.25) is 0 Å². The Morgan fingerprint density at radius 3 is 2.75 bits per heavy atom. The third-order valence-electron chi connectivity index (χ3n) is 2.66. The van der Waals surface area contributed by atoms with E-state index in [-0.39, 0.29) is 11.1 Å². The first kappa shape index (κ1) is 14.1. The van der Waals surface area contributed by atoms with Crippen molar-refractivity contribution in [1.29, 1.82) is 5.26 Å². The van der Waals surface area contributed by atoms with Crippen molar-refractivity contribution in [2.75, 3.05) is 0 Å². The maximum atomic E-state index is 13.7. The zero-order valence-corrected chi connectivity index (χ0v) is 11.2. The molecule has 0 spiro atoms. The fourth-order valence-electron chi connectivity index (χ4n) is 1.61. The third kappa shape index (κ3) is 3.37. The molecule has 0 saturated heterocycles. The van der Waals surface area contributed by atoms with Crippen molar-refractivity contribution in [2.45, 2.75) is 10.6 Å². The molecule has 0 bridgehead atoms. The monoisotopic (exact) mass is 287 g/mol. The Hall–Kier alpha value is -2.32. The maximum absolute atomic E-state index is 13.7. The molecule has 20 heavy (non-hydrogen) atoms. The number of aromatic carboxylic acids is 1. The molecule has 0 aliphatic carbocycles. The van der Waals surface area contributed by atoms with E-state index in [0.717, 1.165) is 4.90 Å². The average molecular weight is 287 g/mol. The van der Waals surface area contributed by atoms with Crippen LogP contribution in [-0.4, -0.2) is 11.1 Å². The molecular weight excluding hydrogens is 277 g/mol. The lowest BCUT2D eigenvalue weighted by Gasteiger charge is -2.05. The molecule has 0 unspecified atom stereocenters. The molecule has 1 N–H and O–H groups in total. The van der Waals surface area contributed by atoms with Crippen LogP contribution in [0.5, 0.6) is 0 Å². The van der Waals surface area contributed by atoms with Crippen molar-refractivity contribution in [3.05, 3.63) is 65.0 Å². The molecule has 0 atom stereocenters. The largest absolute Gasteiger partial charge is 0.478 e. The highest BCUT2D eigenvalue weighted by Crippen LogP contribution is 2.25. The lowest BCUT2D eigenvalue weighted by molar-refractivity contribution is 0.0696. The molecule has 0 aliphatic rings. The number of hydrogen-bond donors (Lipinski definition) is 1. The second-order valence-electron chi connectivity index (χ2n) is 4.04. The summed E-state index contributed by atoms with van der Waals surface area (Å²) in [6.45, 7) is 0. The van der Waals surface area contributed by atoms with E-state index in [2.05, 4.69) is 0 Å². The molecule has 3 nitrogen and oxygen atoms in total. The summed E-state index contributed by atoms with van der Waals surface area (Å²) in [5, 5.41) is 17.6. The van der Waals surface area contributed by atoms with E-state index in [1.165, 1.54) is 23.9 Å². The summed E-state index contributed by atoms with van der Waals surface area (Å²) >= 11 is 1.35. The number of carbonyl (C=O) groups is 1. The van der Waals surface area contributed by atoms with Crippen LogP contribution in [0.15, 0.2) is 47.4 Å². The van der Waals surface area contributed by atoms with Crippen molar-refractivity contribution >= 4 is 17.7 Å². The minimum absolute atomic E-state index is 0.204. The van der Waals surface area contributed by atoms with Gasteiger partial charge in [-0.2, -0.15) is 5.26 Å². The van der Waals surface area contributed by atoms with Crippen LogP contribution in [0.1, 0.15) is 21.5 Å². The second kappa shape index (κ2) is 6.22. The average Bonchev–Trinajstić information content (AvgIpc) is 2.46. The predicted octanol–water partition coefficient (Wildman–Crippen LogP) is 3.69. The number of carboxylic acids is 1. The van der Waals surface area contributed by atoms with Crippen LogP contribution in [0.3, 0.4) is 0 Å². The molecule has 2 rings (SSSR count). The predicted molar refractivity (Wildman–Crippen MR) is 74.1 cm³/mol. The molecule has 0 fully saturated rings. The normalized spacial score (nSPS) is 10.0. The summed E-state index contributed by atoms with van der Waals surface area (Å²) in [5.74, 6) is -1.04. The van der Waals surface area contributed by atoms with E-state index in [1.807, 2.05) is 6.07 Å². The highest BCUT2D eigenvalue weighted by molar-refractivity contribution is 7.98. The lowest BCUT2D eigenvalue weighted by Crippen LogP contribution is -1.95. The van der Waals surface area contributed by atoms with Gasteiger partial charge in [0.2, 0.25) is 0 Å². The molecule has 0 heterocycles. The molecule has 0 amide bonds. The van der Waals surface area contributed by atoms with Gasteiger partial charge in [0, 0.05) is 10.6 Å². The molecular formula is C15H10FNO2S. The standard InChI is InChI=1S/C15H10FNO2S/c16-14-6-10(8-17)4-5-12(14)9-20-13-3-1-2-11(7-13)15(18)19/h1-7H,9H2,(H,18,19). The molecule has 0 aromatic heterocycles. The molecule has 5 heteroatoms. The van der Waals surface area contributed by atoms with E-state index >= 15 is 0 Å². The van der Waals surface area contributed by atoms with E-state index in [9.17, 15) is 9.18 Å². The fraction of sp³-hybridized carbons (Fsp3) is 0.0667. The highest BCUT2D eigenvalue weighted by atomic mass is 32.2. The molecule has 0 aliphatic heterocycles. The van der Waals surface area contributed by atoms with Crippen molar-refractivity contribution < 1.29 is 14.3 Å². The fourth-order valence-corrected chi connectivity index (χ4v) is 2.56. The Morgan fingerprint density at radius 2 is 2.10 bits per heavy atom. The first-order valence-corrected chi connectivity index (χ1v) is 6.73. The topological polar surface area (TPSA) is 61.1 Å². The minimum atomic E-state index is -0.989. The molecule has 2 aromatic carbocycles. The zero-order valence-electron chi connectivity index (χ0n) is 10.3. The Balaban J connectivity index is 2.11. The summed E-state index contributed by atoms with van der Waals surface area (Å²) in [7, 11) is 0. The molecule has 0 radical (unpaired) electrons. The number of carboxylic acid groups (broad SMARTS) is 1. The van der Waals surface area contributed by atoms with E-state index in [4.69, 9.17) is 10.4 Å². The zero-order chi connectivity index (χ0) is 14.5. The SMILES string of the molecule is N#Cc1ccc(CSc2cccc(C(=O)O)c2)c(F)c1. The second-order valence-corrected chi connectivity index (χ2v) is 5.09. The van der Waals surface area contributed by atoms with Crippen molar-refractivity contribution in [3.63, 3.8) is 0 Å². The maximum Gasteiger partial charge on any atom is 0.335 e. The van der Waals surface area contributed by atoms with Gasteiger partial charge in [-0.15, -0.1) is 11.8 Å². The van der Waals surface area contributed by atoms with Gasteiger partial charge >= 0.3 is 5.97 Å². The number of halogens is 1. The first-order valence-electron chi connectivity index (χ1n) is 5.75. The summed E-state index contributed by atoms with van der Waals surface area (Å²) < 4.78 is 13.7. The van der Waals surface area contributed by atoms with Crippen molar-refractivity contribution in [2.24, 2.45) is 0 Å². The number of rotatable bonds is 4. The Kier molecular flexibility index (Phi) is 4.38. The van der Waals surface area contributed by atoms with E-state index in [0.29, 0.717) is 11.3 Å². The Labute approximate surface area is 119 Å². The summed E-state index contributed by atoms with van der Waals surface area (Å²) in [6.07, 6.45) is 0. The smallest absolute Gasteiger partial charge is 0.335 e. The van der Waals surface area contributed by atoms with Gasteiger partial charge in [0.15, 0.2) is 0 Å². The van der Waals surface area contributed by atoms with Crippen molar-refractivity contribution in [1.82, 2.24) is 0 Å². The van der Waals surface area contributed by atoms with Gasteiger partial charge in [-0.05, 0) is 35.9 Å². The molecule has 2 aromatic rings. The number of nitrogens with zero attached hydrogens (tertiary/aromatic N) is 1. The van der Waals surface area contributed by atoms with Crippen LogP contribution in [-0.2, 0) is 5.75 Å². The molecule has 0 saturated carbocycles. The highest BCUT2D eigenvalue weighted by Gasteiger charge is 2.07. The number of hydrogen-bond acceptors (Lipinski definition) is 3. The Morgan fingerprint density at radius 1 is 1.30 bits per heavy atom. The van der Waals surface area contributed by atoms with Gasteiger partial charge in [0.05, 0.1) is 17.2 Å². The van der Waals surface area contributed by atoms with Crippen LogP contribution in [0.2, 0.25) is 0 Å². The Bertz CT molecular complexity index is 695. The van der Waals surface area contributed by atoms with Gasteiger partial charge in [-0.25, -0.2) is 9.18 Å². The quantitative estimate of drug-likeness (QED) is 0.871. The van der Waals surface area contributed by atoms with Crippen LogP contribution in [0.25, 0.3) is 0 Å². The number of nitriles is 1. The summed E-state index contributed by atoms with van der Waals surface area (Å²) in [4.78, 5) is 11.6. The molecule has 100 valence electrons. The number of benzene rings is 2. The summed E-state index contributed by atoms with van der Waals surface area (Å²) in [5.41, 5.74) is 0.967. The van der Waals surface area contributed by atoms with Crippen LogP contribution in [0, 0.1) is 17.1 Å². The van der Waals surface area contributed by atoms with Gasteiger partial charge in [-0.1, -0.05) is 12.1 Å². The third-order valence-corrected chi connectivity index (χ3v) is 3.70. The summed E-state index contributed by atoms with van der Waals surface area (Å²) in [6, 6.07) is 12.7. The number of thioether (sulfide) groups is 1. The van der Waals surface area contributed by atoms with E-state index in [1.54, 1.807) is 30.3 Å². The van der Waals surface area contributed by atoms with Crippen LogP contribution >= 0.6 is 11.8 Å². The van der Waals surface area contributed by atoms with Gasteiger partial charge in [0.1, 0.15) is 5.82 Å². The van der Waals surface area contributed by atoms with Gasteiger partial charge < -0.3 is 5.11 Å². The van der Waals surface area contributed by atoms with E-state index < -0.39 is 11.8 Å². The van der Waals surface area contributed by atoms with Crippen LogP contribution < -0.4 is 0 Å². The first-order chi connectivity index (χ1) is 9.60. The minimum Gasteiger partial charge on any atom is -0.478 e. The van der Waals surface area contributed by atoms with Crippen molar-refractivity contribution in [3.8, 4) is 6.07 Å². The van der Waals surface area contributed by atoms with Crippen LogP contribution in [0.4, 0.5) is 4.39 Å². The lowest BCUT2D eigenvalue weighted by atomic mass is 10.1. The van der Waals surface area contributed by atoms with Gasteiger partial charge in [0.25, 0.3) is 0 Å².